The predicted octanol–water partition coefficient (Wildman–Crippen LogP) is 4.69. The molecule has 2 rings (SSSR count). The van der Waals surface area contributed by atoms with Crippen LogP contribution in [0.15, 0.2) is 42.5 Å². The third kappa shape index (κ3) is 4.29. The third-order valence-electron chi connectivity index (χ3n) is 4.23. The number of aryl methyl sites for hydroxylation is 1. The molecule has 7 heteroatoms. The van der Waals surface area contributed by atoms with Crippen molar-refractivity contribution in [1.29, 1.82) is 5.26 Å². The first kappa shape index (κ1) is 20.9. The van der Waals surface area contributed by atoms with E-state index in [0.29, 0.717) is 17.8 Å². The van der Waals surface area contributed by atoms with E-state index in [1.807, 2.05) is 17.6 Å². The predicted molar refractivity (Wildman–Crippen MR) is 102 cm³/mol. The van der Waals surface area contributed by atoms with Crippen molar-refractivity contribution in [3.8, 4) is 17.6 Å². The van der Waals surface area contributed by atoms with E-state index in [1.54, 1.807) is 25.1 Å². The van der Waals surface area contributed by atoms with Gasteiger partial charge in [-0.2, -0.15) is 14.0 Å². The second-order valence-corrected chi connectivity index (χ2v) is 5.94. The molecular formula is C21H20F2N2O3. The summed E-state index contributed by atoms with van der Waals surface area (Å²) in [5.74, 6) is -0.669. The lowest BCUT2D eigenvalue weighted by atomic mass is 10.0. The van der Waals surface area contributed by atoms with Crippen LogP contribution >= 0.6 is 0 Å². The normalized spacial score (nSPS) is 11.2. The molecule has 0 saturated heterocycles. The van der Waals surface area contributed by atoms with E-state index < -0.39 is 12.4 Å². The number of para-hydroxylation sites is 1. The van der Waals surface area contributed by atoms with Crippen LogP contribution in [0.4, 0.5) is 8.78 Å². The molecule has 0 aliphatic carbocycles. The fourth-order valence-corrected chi connectivity index (χ4v) is 2.91. The second kappa shape index (κ2) is 9.00. The highest BCUT2D eigenvalue weighted by Crippen LogP contribution is 2.34. The molecular weight excluding hydrogens is 366 g/mol. The van der Waals surface area contributed by atoms with Gasteiger partial charge in [0.05, 0.1) is 7.11 Å². The summed E-state index contributed by atoms with van der Waals surface area (Å²) in [5.41, 5.74) is 1.85. The zero-order valence-electron chi connectivity index (χ0n) is 15.8. The number of alkyl halides is 2. The Bertz CT molecular complexity index is 969. The number of nitrogens with zero attached hydrogens (tertiary/aromatic N) is 2. The lowest BCUT2D eigenvalue weighted by molar-refractivity contribution is -0.0513. The number of rotatable bonds is 8. The number of ketones is 1. The van der Waals surface area contributed by atoms with Crippen molar-refractivity contribution >= 4 is 11.9 Å². The Morgan fingerprint density at radius 2 is 2.11 bits per heavy atom. The van der Waals surface area contributed by atoms with E-state index in [1.165, 1.54) is 25.3 Å². The third-order valence-corrected chi connectivity index (χ3v) is 4.23. The van der Waals surface area contributed by atoms with Gasteiger partial charge in [0.1, 0.15) is 11.6 Å². The van der Waals surface area contributed by atoms with Crippen molar-refractivity contribution in [3.63, 3.8) is 0 Å². The summed E-state index contributed by atoms with van der Waals surface area (Å²) in [4.78, 5) is 12.9. The minimum atomic E-state index is -3.08. The number of hydrogen-bond acceptors (Lipinski definition) is 4. The maximum Gasteiger partial charge on any atom is 0.387 e. The number of methoxy groups -OCH3 is 1. The van der Waals surface area contributed by atoms with Crippen molar-refractivity contribution in [2.45, 2.75) is 27.0 Å². The number of aromatic nitrogens is 1. The topological polar surface area (TPSA) is 64.2 Å². The molecule has 0 aliphatic heterocycles. The van der Waals surface area contributed by atoms with Crippen LogP contribution in [-0.2, 0) is 6.54 Å². The van der Waals surface area contributed by atoms with Gasteiger partial charge in [-0.05, 0) is 32.1 Å². The number of allylic oxidation sites excluding steroid dienone is 2. The summed E-state index contributed by atoms with van der Waals surface area (Å²) in [5, 5.41) is 9.51. The van der Waals surface area contributed by atoms with Gasteiger partial charge in [0, 0.05) is 29.1 Å². The van der Waals surface area contributed by atoms with E-state index in [0.717, 1.165) is 5.69 Å². The van der Waals surface area contributed by atoms with Crippen LogP contribution in [0, 0.1) is 25.2 Å². The Labute approximate surface area is 162 Å². The van der Waals surface area contributed by atoms with Gasteiger partial charge >= 0.3 is 6.61 Å². The maximum atomic E-state index is 12.9. The molecule has 28 heavy (non-hydrogen) atoms. The van der Waals surface area contributed by atoms with E-state index in [9.17, 15) is 18.8 Å². The monoisotopic (exact) mass is 386 g/mol. The van der Waals surface area contributed by atoms with Gasteiger partial charge in [0.15, 0.2) is 11.5 Å². The number of carbonyl (C=O) groups excluding carboxylic acids is 1. The minimum Gasteiger partial charge on any atom is -0.493 e. The highest BCUT2D eigenvalue weighted by atomic mass is 19.3. The number of hydrogen-bond donors (Lipinski definition) is 0. The summed E-state index contributed by atoms with van der Waals surface area (Å²) in [7, 11) is 1.31. The Balaban J connectivity index is 2.53. The average molecular weight is 386 g/mol. The number of ether oxygens (including phenoxy) is 2. The van der Waals surface area contributed by atoms with E-state index in [2.05, 4.69) is 11.3 Å². The van der Waals surface area contributed by atoms with Crippen molar-refractivity contribution in [2.24, 2.45) is 0 Å². The molecule has 0 radical (unpaired) electrons. The molecule has 0 fully saturated rings. The van der Waals surface area contributed by atoms with Crippen molar-refractivity contribution in [2.75, 3.05) is 7.11 Å². The molecule has 0 N–H and O–H groups in total. The summed E-state index contributed by atoms with van der Waals surface area (Å²) in [6.45, 7) is 4.76. The summed E-state index contributed by atoms with van der Waals surface area (Å²) >= 11 is 0. The van der Waals surface area contributed by atoms with Crippen LogP contribution in [0.1, 0.15) is 27.3 Å². The molecule has 0 saturated carbocycles. The molecule has 0 spiro atoms. The lowest BCUT2D eigenvalue weighted by Crippen LogP contribution is -2.07. The van der Waals surface area contributed by atoms with Gasteiger partial charge in [-0.1, -0.05) is 18.2 Å². The number of benzene rings is 1. The number of carbonyl (C=O) groups is 1. The second-order valence-electron chi connectivity index (χ2n) is 5.94. The van der Waals surface area contributed by atoms with Crippen molar-refractivity contribution in [1.82, 2.24) is 4.57 Å². The first-order valence-corrected chi connectivity index (χ1v) is 8.40. The molecule has 1 aromatic heterocycles. The number of nitriles is 1. The highest BCUT2D eigenvalue weighted by molar-refractivity contribution is 6.15. The molecule has 2 aromatic rings. The Morgan fingerprint density at radius 1 is 1.39 bits per heavy atom. The van der Waals surface area contributed by atoms with Crippen molar-refractivity contribution in [3.05, 3.63) is 65.0 Å². The van der Waals surface area contributed by atoms with Gasteiger partial charge in [-0.15, -0.1) is 6.58 Å². The zero-order chi connectivity index (χ0) is 20.8. The SMILES string of the molecule is C=CCn1c(C)cc(C(=O)/C(C#N)=C/c2cccc(OC)c2OC(F)F)c1C. The molecule has 0 atom stereocenters. The van der Waals surface area contributed by atoms with Gasteiger partial charge in [0.2, 0.25) is 5.78 Å². The van der Waals surface area contributed by atoms with Crippen LogP contribution in [-0.4, -0.2) is 24.1 Å². The van der Waals surface area contributed by atoms with Gasteiger partial charge in [0.25, 0.3) is 0 Å². The largest absolute Gasteiger partial charge is 0.493 e. The molecule has 0 amide bonds. The fourth-order valence-electron chi connectivity index (χ4n) is 2.91. The van der Waals surface area contributed by atoms with E-state index >= 15 is 0 Å². The van der Waals surface area contributed by atoms with Crippen LogP contribution in [0.25, 0.3) is 6.08 Å². The Kier molecular flexibility index (Phi) is 6.72. The smallest absolute Gasteiger partial charge is 0.387 e. The lowest BCUT2D eigenvalue weighted by Gasteiger charge is -2.12. The zero-order valence-corrected chi connectivity index (χ0v) is 15.8. The first-order chi connectivity index (χ1) is 13.3. The van der Waals surface area contributed by atoms with Crippen LogP contribution < -0.4 is 9.47 Å². The van der Waals surface area contributed by atoms with Crippen LogP contribution in [0.5, 0.6) is 11.5 Å². The summed E-state index contributed by atoms with van der Waals surface area (Å²) < 4.78 is 37.1. The molecule has 5 nitrogen and oxygen atoms in total. The molecule has 0 bridgehead atoms. The molecule has 146 valence electrons. The molecule has 0 aliphatic rings. The number of halogens is 2. The first-order valence-electron chi connectivity index (χ1n) is 8.40. The molecule has 1 heterocycles. The summed E-state index contributed by atoms with van der Waals surface area (Å²) in [6.07, 6.45) is 2.93. The quantitative estimate of drug-likeness (QED) is 0.286. The van der Waals surface area contributed by atoms with E-state index in [-0.39, 0.29) is 22.6 Å². The Hall–Kier alpha value is -3.40. The van der Waals surface area contributed by atoms with Crippen molar-refractivity contribution < 1.29 is 23.0 Å². The highest BCUT2D eigenvalue weighted by Gasteiger charge is 2.21. The minimum absolute atomic E-state index is 0.0722. The fraction of sp³-hybridized carbons (Fsp3) is 0.238. The van der Waals surface area contributed by atoms with E-state index in [4.69, 9.17) is 4.74 Å². The van der Waals surface area contributed by atoms with Crippen LogP contribution in [0.3, 0.4) is 0 Å². The van der Waals surface area contributed by atoms with Gasteiger partial charge < -0.3 is 14.0 Å². The standard InChI is InChI=1S/C21H20F2N2O3/c1-5-9-25-13(2)10-17(14(25)3)19(26)16(12-24)11-15-7-6-8-18(27-4)20(15)28-21(22)23/h5-8,10-11,21H,1,9H2,2-4H3/b16-11+. The van der Waals surface area contributed by atoms with Gasteiger partial charge in [-0.3, -0.25) is 4.79 Å². The average Bonchev–Trinajstić information content (AvgIpc) is 2.94. The number of Topliss-reactive ketones (excluding diaryl/α,β-unsaturated/α-hetero) is 1. The molecule has 0 unspecified atom stereocenters. The summed E-state index contributed by atoms with van der Waals surface area (Å²) in [6, 6.07) is 8.01. The van der Waals surface area contributed by atoms with Gasteiger partial charge in [-0.25, -0.2) is 0 Å². The van der Waals surface area contributed by atoms with Crippen LogP contribution in [0.2, 0.25) is 0 Å². The molecule has 1 aromatic carbocycles. The maximum absolute atomic E-state index is 12.9. The Morgan fingerprint density at radius 3 is 2.68 bits per heavy atom.